The first-order chi connectivity index (χ1) is 9.77. The maximum atomic E-state index is 11.9. The molecule has 0 aromatic carbocycles. The van der Waals surface area contributed by atoms with Gasteiger partial charge in [-0.1, -0.05) is 77.0 Å². The van der Waals surface area contributed by atoms with Gasteiger partial charge in [0.25, 0.3) is 0 Å². The Kier molecular flexibility index (Phi) is 19.2. The second-order valence-corrected chi connectivity index (χ2v) is 9.28. The SMILES string of the molecule is FC(F)CCCCCCCCCCCCCC[CH2][Mg][Br]. The van der Waals surface area contributed by atoms with E-state index in [2.05, 4.69) is 12.9 Å². The summed E-state index contributed by atoms with van der Waals surface area (Å²) in [5.74, 6) is 0. The third-order valence-corrected chi connectivity index (χ3v) is 6.26. The van der Waals surface area contributed by atoms with Crippen LogP contribution < -0.4 is 0 Å². The first kappa shape index (κ1) is 21.1. The van der Waals surface area contributed by atoms with E-state index in [1.807, 2.05) is 0 Å². The van der Waals surface area contributed by atoms with Crippen LogP contribution in [0.25, 0.3) is 0 Å². The summed E-state index contributed by atoms with van der Waals surface area (Å²) >= 11 is 3.72. The van der Waals surface area contributed by atoms with Gasteiger partial charge in [-0.05, 0) is 6.42 Å². The van der Waals surface area contributed by atoms with Crippen LogP contribution in [0.5, 0.6) is 0 Å². The second kappa shape index (κ2) is 18.2. The number of unbranched alkanes of at least 4 members (excludes halogenated alkanes) is 12. The standard InChI is InChI=1S/C16H31F2.BrH.Mg/c1-2-3-4-5-6-7-8-9-10-11-12-13-14-15-16(17)18;;/h16H,1-15H2;1H;/q;;+1/p-1. The quantitative estimate of drug-likeness (QED) is 0.201. The van der Waals surface area contributed by atoms with Gasteiger partial charge in [0.2, 0.25) is 6.43 Å². The Balaban J connectivity index is 2.92. The van der Waals surface area contributed by atoms with E-state index in [0.29, 0.717) is 6.42 Å². The summed E-state index contributed by atoms with van der Waals surface area (Å²) in [6.07, 6.45) is 14.6. The predicted octanol–water partition coefficient (Wildman–Crippen LogP) is 7.15. The zero-order valence-electron chi connectivity index (χ0n) is 13.0. The van der Waals surface area contributed by atoms with Crippen LogP contribution in [-0.2, 0) is 0 Å². The fourth-order valence-corrected chi connectivity index (χ4v) is 4.25. The summed E-state index contributed by atoms with van der Waals surface area (Å²) in [6.45, 7) is 0. The molecule has 0 unspecified atom stereocenters. The first-order valence-corrected chi connectivity index (χ1v) is 13.5. The lowest BCUT2D eigenvalue weighted by atomic mass is 10.0. The van der Waals surface area contributed by atoms with Gasteiger partial charge in [0.05, 0.1) is 0 Å². The summed E-state index contributed by atoms with van der Waals surface area (Å²) in [7, 11) is 0. The fraction of sp³-hybridized carbons (Fsp3) is 1.00. The molecule has 0 bridgehead atoms. The number of halogens is 3. The van der Waals surface area contributed by atoms with Crippen molar-refractivity contribution < 1.29 is 8.78 Å². The van der Waals surface area contributed by atoms with Crippen molar-refractivity contribution in [3.63, 3.8) is 0 Å². The van der Waals surface area contributed by atoms with E-state index in [9.17, 15) is 8.78 Å². The Hall–Kier alpha value is 1.11. The van der Waals surface area contributed by atoms with Crippen LogP contribution in [0.2, 0.25) is 4.55 Å². The molecule has 0 radical (unpaired) electrons. The molecule has 0 aliphatic rings. The highest BCUT2D eigenvalue weighted by atomic mass is 79.9. The largest absolute Gasteiger partial charge is 0.468 e. The topological polar surface area (TPSA) is 0 Å². The molecule has 0 amide bonds. The minimum absolute atomic E-state index is 0.0951. The summed E-state index contributed by atoms with van der Waals surface area (Å²) in [4.78, 5) is 0. The Bertz CT molecular complexity index is 180. The highest BCUT2D eigenvalue weighted by Gasteiger charge is 2.00. The van der Waals surface area contributed by atoms with Crippen LogP contribution in [0.3, 0.4) is 0 Å². The molecule has 0 saturated carbocycles. The zero-order chi connectivity index (χ0) is 14.9. The maximum absolute atomic E-state index is 11.9. The predicted molar refractivity (Wildman–Crippen MR) is 90.1 cm³/mol. The van der Waals surface area contributed by atoms with E-state index in [4.69, 9.17) is 0 Å². The van der Waals surface area contributed by atoms with Gasteiger partial charge in [-0.15, -0.1) is 4.55 Å². The molecule has 0 fully saturated rings. The summed E-state index contributed by atoms with van der Waals surface area (Å²) in [5.41, 5.74) is 0. The van der Waals surface area contributed by atoms with Crippen molar-refractivity contribution in [2.75, 3.05) is 0 Å². The van der Waals surface area contributed by atoms with Gasteiger partial charge in [0.15, 0.2) is 0 Å². The number of alkyl halides is 2. The highest BCUT2D eigenvalue weighted by molar-refractivity contribution is 9.23. The van der Waals surface area contributed by atoms with E-state index in [0.717, 1.165) is 12.8 Å². The van der Waals surface area contributed by atoms with Crippen LogP contribution in [0.4, 0.5) is 8.78 Å². The van der Waals surface area contributed by atoms with E-state index in [1.165, 1.54) is 68.8 Å². The zero-order valence-corrected chi connectivity index (χ0v) is 16.0. The molecule has 0 N–H and O–H groups in total. The van der Waals surface area contributed by atoms with Crippen LogP contribution in [0.15, 0.2) is 0 Å². The van der Waals surface area contributed by atoms with Gasteiger partial charge >= 0.3 is 18.2 Å². The lowest BCUT2D eigenvalue weighted by Crippen LogP contribution is -1.89. The third kappa shape index (κ3) is 19.1. The lowest BCUT2D eigenvalue weighted by Gasteiger charge is -2.03. The Morgan fingerprint density at radius 1 is 0.600 bits per heavy atom. The van der Waals surface area contributed by atoms with Crippen molar-refractivity contribution in [1.29, 1.82) is 0 Å². The van der Waals surface area contributed by atoms with E-state index >= 15 is 0 Å². The number of hydrogen-bond acceptors (Lipinski definition) is 0. The average Bonchev–Trinajstić information content (AvgIpc) is 2.43. The fourth-order valence-electron chi connectivity index (χ4n) is 2.51. The first-order valence-electron chi connectivity index (χ1n) is 8.61. The molecule has 0 saturated heterocycles. The van der Waals surface area contributed by atoms with Crippen LogP contribution >= 0.6 is 12.9 Å². The van der Waals surface area contributed by atoms with Gasteiger partial charge < -0.3 is 12.9 Å². The number of hydrogen-bond donors (Lipinski definition) is 0. The molecule has 118 valence electrons. The minimum atomic E-state index is -2.10. The molecular weight excluding hydrogens is 334 g/mol. The molecule has 0 aliphatic heterocycles. The van der Waals surface area contributed by atoms with Crippen LogP contribution in [-0.4, -0.2) is 24.6 Å². The van der Waals surface area contributed by atoms with Crippen molar-refractivity contribution >= 4 is 31.1 Å². The third-order valence-electron chi connectivity index (χ3n) is 3.81. The molecule has 0 aromatic rings. The Morgan fingerprint density at radius 3 is 1.30 bits per heavy atom. The highest BCUT2D eigenvalue weighted by Crippen LogP contribution is 2.14. The molecule has 0 heterocycles. The van der Waals surface area contributed by atoms with Gasteiger partial charge in [-0.2, -0.15) is 0 Å². The van der Waals surface area contributed by atoms with Crippen molar-refractivity contribution in [2.24, 2.45) is 0 Å². The summed E-state index contributed by atoms with van der Waals surface area (Å²) in [6, 6.07) is 0. The summed E-state index contributed by atoms with van der Waals surface area (Å²) < 4.78 is 25.3. The van der Waals surface area contributed by atoms with Gasteiger partial charge in [0.1, 0.15) is 0 Å². The molecule has 4 heteroatoms. The maximum Gasteiger partial charge on any atom is 0.468 e. The van der Waals surface area contributed by atoms with Crippen molar-refractivity contribution in [3.05, 3.63) is 0 Å². The van der Waals surface area contributed by atoms with E-state index in [1.54, 1.807) is 0 Å². The average molecular weight is 366 g/mol. The second-order valence-electron chi connectivity index (χ2n) is 5.82. The monoisotopic (exact) mass is 364 g/mol. The molecule has 0 aliphatic carbocycles. The van der Waals surface area contributed by atoms with Crippen molar-refractivity contribution in [3.8, 4) is 0 Å². The van der Waals surface area contributed by atoms with Crippen LogP contribution in [0.1, 0.15) is 89.9 Å². The normalized spacial score (nSPS) is 11.0. The summed E-state index contributed by atoms with van der Waals surface area (Å²) in [5, 5.41) is 0. The molecule has 0 nitrogen and oxygen atoms in total. The minimum Gasteiger partial charge on any atom is -0.307 e. The number of rotatable bonds is 16. The molecule has 0 atom stereocenters. The van der Waals surface area contributed by atoms with Crippen molar-refractivity contribution in [1.82, 2.24) is 0 Å². The van der Waals surface area contributed by atoms with E-state index < -0.39 is 6.43 Å². The lowest BCUT2D eigenvalue weighted by molar-refractivity contribution is 0.133. The molecular formula is C16H31BrF2Mg. The smallest absolute Gasteiger partial charge is 0.307 e. The van der Waals surface area contributed by atoms with Crippen LogP contribution in [0, 0.1) is 0 Å². The molecule has 20 heavy (non-hydrogen) atoms. The van der Waals surface area contributed by atoms with Gasteiger partial charge in [-0.25, -0.2) is 8.78 Å². The molecule has 0 spiro atoms. The Morgan fingerprint density at radius 2 is 0.950 bits per heavy atom. The van der Waals surface area contributed by atoms with E-state index in [-0.39, 0.29) is 24.6 Å². The molecule has 0 rings (SSSR count). The van der Waals surface area contributed by atoms with Gasteiger partial charge in [0, 0.05) is 6.42 Å². The van der Waals surface area contributed by atoms with Gasteiger partial charge in [-0.3, -0.25) is 0 Å². The van der Waals surface area contributed by atoms with Crippen molar-refractivity contribution in [2.45, 2.75) is 101 Å². The Labute approximate surface area is 140 Å². The molecule has 0 aromatic heterocycles.